The number of fused-ring (bicyclic) bond motifs is 1. The molecule has 1 heterocycles. The van der Waals surface area contributed by atoms with Gasteiger partial charge < -0.3 is 20.3 Å². The van der Waals surface area contributed by atoms with Crippen molar-refractivity contribution in [3.8, 4) is 0 Å². The summed E-state index contributed by atoms with van der Waals surface area (Å²) in [6.07, 6.45) is 0.492. The van der Waals surface area contributed by atoms with Crippen LogP contribution in [0.25, 0.3) is 0 Å². The molecule has 3 rings (SSSR count). The molecule has 2 aromatic carbocycles. The molecule has 29 heavy (non-hydrogen) atoms. The molecule has 1 aliphatic heterocycles. The van der Waals surface area contributed by atoms with E-state index < -0.39 is 0 Å². The Morgan fingerprint density at radius 1 is 1.17 bits per heavy atom. The van der Waals surface area contributed by atoms with Gasteiger partial charge >= 0.3 is 0 Å². The summed E-state index contributed by atoms with van der Waals surface area (Å²) in [5.41, 5.74) is 3.05. The summed E-state index contributed by atoms with van der Waals surface area (Å²) < 4.78 is 5.43. The van der Waals surface area contributed by atoms with E-state index in [-0.39, 0.29) is 24.0 Å². The number of nitrogens with one attached hydrogen (secondary N) is 2. The van der Waals surface area contributed by atoms with Crippen LogP contribution in [-0.4, -0.2) is 42.5 Å². The molecule has 0 fully saturated rings. The molecule has 1 unspecified atom stereocenters. The number of nitrogens with zero attached hydrogens (tertiary/aromatic N) is 1. The van der Waals surface area contributed by atoms with Crippen LogP contribution in [-0.2, 0) is 4.74 Å². The first-order valence-electron chi connectivity index (χ1n) is 10.2. The molecule has 1 aliphatic rings. The number of carbonyl (C=O) groups is 2. The Morgan fingerprint density at radius 2 is 1.97 bits per heavy atom. The molecule has 154 valence electrons. The van der Waals surface area contributed by atoms with Crippen LogP contribution >= 0.6 is 0 Å². The first-order valence-corrected chi connectivity index (χ1v) is 10.2. The third kappa shape index (κ3) is 4.95. The van der Waals surface area contributed by atoms with Gasteiger partial charge in [0, 0.05) is 48.2 Å². The molecule has 1 atom stereocenters. The Labute approximate surface area is 172 Å². The highest BCUT2D eigenvalue weighted by Gasteiger charge is 2.36. The van der Waals surface area contributed by atoms with Gasteiger partial charge in [0.2, 0.25) is 0 Å². The predicted octanol–water partition coefficient (Wildman–Crippen LogP) is 3.82. The highest BCUT2D eigenvalue weighted by Crippen LogP contribution is 2.34. The van der Waals surface area contributed by atoms with E-state index in [0.29, 0.717) is 25.3 Å². The first-order chi connectivity index (χ1) is 14.0. The molecule has 2 aromatic rings. The van der Waals surface area contributed by atoms with Crippen LogP contribution in [0.5, 0.6) is 0 Å². The quantitative estimate of drug-likeness (QED) is 0.633. The number of amides is 2. The summed E-state index contributed by atoms with van der Waals surface area (Å²) in [6.45, 7) is 7.71. The molecule has 0 saturated carbocycles. The normalized spacial score (nSPS) is 15.5. The summed E-state index contributed by atoms with van der Waals surface area (Å²) in [5.74, 6) is -0.0941. The van der Waals surface area contributed by atoms with E-state index >= 15 is 0 Å². The van der Waals surface area contributed by atoms with Crippen LogP contribution in [0, 0.1) is 0 Å². The maximum atomic E-state index is 12.9. The number of hydrogen-bond acceptors (Lipinski definition) is 4. The molecule has 0 radical (unpaired) electrons. The van der Waals surface area contributed by atoms with Crippen molar-refractivity contribution >= 4 is 17.5 Å². The van der Waals surface area contributed by atoms with Gasteiger partial charge in [0.25, 0.3) is 11.8 Å². The Kier molecular flexibility index (Phi) is 6.88. The summed E-state index contributed by atoms with van der Waals surface area (Å²) in [7, 11) is 0. The van der Waals surface area contributed by atoms with Crippen molar-refractivity contribution in [2.45, 2.75) is 39.4 Å². The van der Waals surface area contributed by atoms with Crippen molar-refractivity contribution in [1.82, 2.24) is 10.2 Å². The van der Waals surface area contributed by atoms with E-state index in [4.69, 9.17) is 4.74 Å². The Balaban J connectivity index is 1.81. The number of benzene rings is 2. The molecule has 0 aromatic heterocycles. The minimum atomic E-state index is -0.274. The largest absolute Gasteiger partial charge is 0.382 e. The van der Waals surface area contributed by atoms with Gasteiger partial charge in [-0.3, -0.25) is 9.59 Å². The van der Waals surface area contributed by atoms with Gasteiger partial charge in [0.05, 0.1) is 0 Å². The summed E-state index contributed by atoms with van der Waals surface area (Å²) in [4.78, 5) is 27.1. The Morgan fingerprint density at radius 3 is 2.72 bits per heavy atom. The number of ether oxygens (including phenoxy) is 1. The van der Waals surface area contributed by atoms with Gasteiger partial charge in [-0.05, 0) is 51.5 Å². The van der Waals surface area contributed by atoms with Crippen molar-refractivity contribution in [1.29, 1.82) is 0 Å². The minimum Gasteiger partial charge on any atom is -0.382 e. The standard InChI is InChI=1S/C23H29N3O3/c1-4-29-14-8-13-26-21(19-11-5-6-12-20(19)23(26)28)25-18-10-7-9-17(15-18)22(27)24-16(2)3/h5-7,9-12,15-16,21,25H,4,8,13-14H2,1-3H3,(H,24,27). The Hall–Kier alpha value is -2.86. The van der Waals surface area contributed by atoms with E-state index in [1.807, 2.05) is 68.1 Å². The van der Waals surface area contributed by atoms with Crippen molar-refractivity contribution in [2.24, 2.45) is 0 Å². The maximum absolute atomic E-state index is 12.9. The van der Waals surface area contributed by atoms with Gasteiger partial charge in [-0.2, -0.15) is 0 Å². The lowest BCUT2D eigenvalue weighted by Crippen LogP contribution is -2.34. The first kappa shape index (κ1) is 20.9. The van der Waals surface area contributed by atoms with E-state index in [1.165, 1.54) is 0 Å². The van der Waals surface area contributed by atoms with E-state index in [2.05, 4.69) is 10.6 Å². The molecule has 6 nitrogen and oxygen atoms in total. The molecular formula is C23H29N3O3. The van der Waals surface area contributed by atoms with Crippen LogP contribution in [0.2, 0.25) is 0 Å². The SMILES string of the molecule is CCOCCCN1C(=O)c2ccccc2C1Nc1cccc(C(=O)NC(C)C)c1. The molecule has 0 saturated heterocycles. The lowest BCUT2D eigenvalue weighted by Gasteiger charge is -2.27. The van der Waals surface area contributed by atoms with Gasteiger partial charge in [-0.15, -0.1) is 0 Å². The predicted molar refractivity (Wildman–Crippen MR) is 114 cm³/mol. The molecule has 0 spiro atoms. The summed E-state index contributed by atoms with van der Waals surface area (Å²) >= 11 is 0. The van der Waals surface area contributed by atoms with Crippen LogP contribution in [0.15, 0.2) is 48.5 Å². The second-order valence-electron chi connectivity index (χ2n) is 7.39. The third-order valence-electron chi connectivity index (χ3n) is 4.80. The molecule has 0 bridgehead atoms. The highest BCUT2D eigenvalue weighted by atomic mass is 16.5. The van der Waals surface area contributed by atoms with Crippen LogP contribution < -0.4 is 10.6 Å². The summed E-state index contributed by atoms with van der Waals surface area (Å²) in [5, 5.41) is 6.36. The molecular weight excluding hydrogens is 366 g/mol. The van der Waals surface area contributed by atoms with Gasteiger partial charge in [0.15, 0.2) is 0 Å². The minimum absolute atomic E-state index is 0.0169. The molecule has 6 heteroatoms. The second-order valence-corrected chi connectivity index (χ2v) is 7.39. The maximum Gasteiger partial charge on any atom is 0.256 e. The number of carbonyl (C=O) groups excluding carboxylic acids is 2. The zero-order valence-electron chi connectivity index (χ0n) is 17.3. The summed E-state index contributed by atoms with van der Waals surface area (Å²) in [6, 6.07) is 15.1. The van der Waals surface area contributed by atoms with E-state index in [1.54, 1.807) is 6.07 Å². The molecule has 0 aliphatic carbocycles. The lowest BCUT2D eigenvalue weighted by atomic mass is 10.1. The van der Waals surface area contributed by atoms with Crippen LogP contribution in [0.1, 0.15) is 59.6 Å². The van der Waals surface area contributed by atoms with Crippen molar-refractivity contribution in [3.05, 3.63) is 65.2 Å². The lowest BCUT2D eigenvalue weighted by molar-refractivity contribution is 0.0708. The van der Waals surface area contributed by atoms with Gasteiger partial charge in [-0.25, -0.2) is 0 Å². The average Bonchev–Trinajstić information content (AvgIpc) is 2.97. The van der Waals surface area contributed by atoms with Crippen molar-refractivity contribution in [3.63, 3.8) is 0 Å². The fraction of sp³-hybridized carbons (Fsp3) is 0.391. The smallest absolute Gasteiger partial charge is 0.256 e. The number of hydrogen-bond donors (Lipinski definition) is 2. The molecule has 2 N–H and O–H groups in total. The highest BCUT2D eigenvalue weighted by molar-refractivity contribution is 5.99. The number of anilines is 1. The third-order valence-corrected chi connectivity index (χ3v) is 4.80. The average molecular weight is 396 g/mol. The van der Waals surface area contributed by atoms with E-state index in [9.17, 15) is 9.59 Å². The second kappa shape index (κ2) is 9.56. The fourth-order valence-electron chi connectivity index (χ4n) is 3.49. The van der Waals surface area contributed by atoms with Crippen molar-refractivity contribution in [2.75, 3.05) is 25.1 Å². The topological polar surface area (TPSA) is 70.7 Å². The van der Waals surface area contributed by atoms with Gasteiger partial charge in [-0.1, -0.05) is 24.3 Å². The number of rotatable bonds is 9. The zero-order valence-corrected chi connectivity index (χ0v) is 17.3. The molecule has 2 amide bonds. The van der Waals surface area contributed by atoms with Gasteiger partial charge in [0.1, 0.15) is 6.17 Å². The Bertz CT molecular complexity index is 866. The van der Waals surface area contributed by atoms with Crippen LogP contribution in [0.4, 0.5) is 5.69 Å². The monoisotopic (exact) mass is 395 g/mol. The van der Waals surface area contributed by atoms with E-state index in [0.717, 1.165) is 23.2 Å². The van der Waals surface area contributed by atoms with Crippen molar-refractivity contribution < 1.29 is 14.3 Å². The zero-order chi connectivity index (χ0) is 20.8. The fourth-order valence-corrected chi connectivity index (χ4v) is 3.49. The van der Waals surface area contributed by atoms with Crippen LogP contribution in [0.3, 0.4) is 0 Å².